The van der Waals surface area contributed by atoms with Gasteiger partial charge in [0.15, 0.2) is 6.29 Å². The SMILES string of the molecule is CN(C)c1cccc(S(=O)(=O)N(CC(O)[C@H](Cc2ccccc2)NC(=O)OC2COC3OCCC23)CC(C)(C)CCC#N)c1. The maximum Gasteiger partial charge on any atom is 0.407 e. The van der Waals surface area contributed by atoms with Gasteiger partial charge < -0.3 is 29.5 Å². The van der Waals surface area contributed by atoms with Crippen LogP contribution in [0.15, 0.2) is 59.5 Å². The summed E-state index contributed by atoms with van der Waals surface area (Å²) in [6.07, 6.45) is -1.15. The molecule has 0 aliphatic carbocycles. The Hall–Kier alpha value is -3.21. The number of aliphatic hydroxyl groups is 1. The lowest BCUT2D eigenvalue weighted by atomic mass is 9.88. The van der Waals surface area contributed by atoms with E-state index in [4.69, 9.17) is 14.2 Å². The normalized spacial score (nSPS) is 21.3. The Bertz CT molecular complexity index is 1400. The molecule has 0 bridgehead atoms. The van der Waals surface area contributed by atoms with Crippen LogP contribution >= 0.6 is 0 Å². The van der Waals surface area contributed by atoms with E-state index in [0.717, 1.165) is 12.0 Å². The zero-order chi connectivity index (χ0) is 31.9. The molecule has 240 valence electrons. The van der Waals surface area contributed by atoms with Crippen molar-refractivity contribution in [2.24, 2.45) is 11.3 Å². The molecule has 2 aliphatic rings. The predicted molar refractivity (Wildman–Crippen MR) is 165 cm³/mol. The highest BCUT2D eigenvalue weighted by atomic mass is 32.2. The van der Waals surface area contributed by atoms with Gasteiger partial charge in [-0.15, -0.1) is 0 Å². The number of benzene rings is 2. The second-order valence-electron chi connectivity index (χ2n) is 12.5. The molecule has 4 rings (SSSR count). The monoisotopic (exact) mass is 628 g/mol. The van der Waals surface area contributed by atoms with Gasteiger partial charge in [-0.25, -0.2) is 13.2 Å². The van der Waals surface area contributed by atoms with E-state index in [0.29, 0.717) is 18.7 Å². The van der Waals surface area contributed by atoms with Crippen molar-refractivity contribution in [1.82, 2.24) is 9.62 Å². The van der Waals surface area contributed by atoms with Crippen LogP contribution in [-0.4, -0.2) is 88.9 Å². The van der Waals surface area contributed by atoms with Crippen LogP contribution in [0.1, 0.15) is 38.7 Å². The van der Waals surface area contributed by atoms with E-state index in [2.05, 4.69) is 11.4 Å². The van der Waals surface area contributed by atoms with Crippen LogP contribution in [0.5, 0.6) is 0 Å². The number of aliphatic hydroxyl groups excluding tert-OH is 1. The van der Waals surface area contributed by atoms with Gasteiger partial charge in [-0.05, 0) is 48.4 Å². The molecule has 2 aromatic rings. The van der Waals surface area contributed by atoms with E-state index < -0.39 is 39.8 Å². The summed E-state index contributed by atoms with van der Waals surface area (Å²) in [4.78, 5) is 15.0. The summed E-state index contributed by atoms with van der Waals surface area (Å²) < 4.78 is 46.4. The number of hydrogen-bond acceptors (Lipinski definition) is 9. The van der Waals surface area contributed by atoms with Crippen LogP contribution < -0.4 is 10.2 Å². The highest BCUT2D eigenvalue weighted by Crippen LogP contribution is 2.33. The second-order valence-corrected chi connectivity index (χ2v) is 14.4. The van der Waals surface area contributed by atoms with Gasteiger partial charge in [0, 0.05) is 39.3 Å². The van der Waals surface area contributed by atoms with Crippen LogP contribution in [0.3, 0.4) is 0 Å². The largest absolute Gasteiger partial charge is 0.443 e. The number of rotatable bonds is 14. The van der Waals surface area contributed by atoms with E-state index in [1.54, 1.807) is 12.1 Å². The molecule has 1 amide bonds. The lowest BCUT2D eigenvalue weighted by Crippen LogP contribution is -2.52. The summed E-state index contributed by atoms with van der Waals surface area (Å²) in [5, 5.41) is 23.6. The molecule has 0 radical (unpaired) electrons. The summed E-state index contributed by atoms with van der Waals surface area (Å²) in [6.45, 7) is 4.34. The molecule has 2 heterocycles. The fourth-order valence-electron chi connectivity index (χ4n) is 5.63. The summed E-state index contributed by atoms with van der Waals surface area (Å²) in [5.74, 6) is -0.0487. The number of fused-ring (bicyclic) bond motifs is 1. The molecule has 12 heteroatoms. The van der Waals surface area contributed by atoms with Crippen molar-refractivity contribution in [1.29, 1.82) is 5.26 Å². The lowest BCUT2D eigenvalue weighted by molar-refractivity contribution is -0.0907. The number of hydrogen-bond donors (Lipinski definition) is 2. The molecule has 2 aliphatic heterocycles. The molecule has 0 aromatic heterocycles. The van der Waals surface area contributed by atoms with E-state index >= 15 is 0 Å². The van der Waals surface area contributed by atoms with E-state index in [1.165, 1.54) is 10.4 Å². The predicted octanol–water partition coefficient (Wildman–Crippen LogP) is 3.53. The second kappa shape index (κ2) is 14.7. The third-order valence-corrected chi connectivity index (χ3v) is 10.00. The number of amides is 1. The van der Waals surface area contributed by atoms with E-state index in [9.17, 15) is 23.6 Å². The zero-order valence-corrected chi connectivity index (χ0v) is 26.7. The van der Waals surface area contributed by atoms with Gasteiger partial charge in [0.2, 0.25) is 10.0 Å². The molecule has 2 N–H and O–H groups in total. The Balaban J connectivity index is 1.59. The number of nitrogens with one attached hydrogen (secondary N) is 1. The molecule has 2 saturated heterocycles. The van der Waals surface area contributed by atoms with Crippen molar-refractivity contribution in [3.8, 4) is 6.07 Å². The lowest BCUT2D eigenvalue weighted by Gasteiger charge is -2.35. The van der Waals surface area contributed by atoms with E-state index in [1.807, 2.05) is 69.2 Å². The Morgan fingerprint density at radius 3 is 2.64 bits per heavy atom. The first kappa shape index (κ1) is 33.7. The van der Waals surface area contributed by atoms with Gasteiger partial charge in [0.1, 0.15) is 6.10 Å². The topological polar surface area (TPSA) is 141 Å². The molecule has 0 saturated carbocycles. The first-order valence-electron chi connectivity index (χ1n) is 15.0. The fraction of sp³-hybridized carbons (Fsp3) is 0.562. The van der Waals surface area contributed by atoms with Crippen molar-refractivity contribution in [2.45, 2.75) is 69.0 Å². The number of carbonyl (C=O) groups is 1. The molecule has 0 spiro atoms. The van der Waals surface area contributed by atoms with Gasteiger partial charge in [-0.1, -0.05) is 50.2 Å². The third-order valence-electron chi connectivity index (χ3n) is 8.19. The maximum absolute atomic E-state index is 14.1. The van der Waals surface area contributed by atoms with Gasteiger partial charge in [0.05, 0.1) is 42.2 Å². The summed E-state index contributed by atoms with van der Waals surface area (Å²) >= 11 is 0. The third kappa shape index (κ3) is 8.70. The van der Waals surface area contributed by atoms with Crippen LogP contribution in [0.2, 0.25) is 0 Å². The number of ether oxygens (including phenoxy) is 3. The summed E-state index contributed by atoms with van der Waals surface area (Å²) in [6, 6.07) is 17.2. The number of nitriles is 1. The molecule has 2 fully saturated rings. The first-order chi connectivity index (χ1) is 20.9. The van der Waals surface area contributed by atoms with Crippen LogP contribution in [0, 0.1) is 22.7 Å². The van der Waals surface area contributed by atoms with Gasteiger partial charge in [0.25, 0.3) is 0 Å². The van der Waals surface area contributed by atoms with E-state index in [-0.39, 0.29) is 49.6 Å². The number of anilines is 1. The van der Waals surface area contributed by atoms with Crippen molar-refractivity contribution in [3.63, 3.8) is 0 Å². The van der Waals surface area contributed by atoms with Crippen LogP contribution in [0.4, 0.5) is 10.5 Å². The average molecular weight is 629 g/mol. The van der Waals surface area contributed by atoms with Gasteiger partial charge >= 0.3 is 6.09 Å². The van der Waals surface area contributed by atoms with Gasteiger partial charge in [-0.3, -0.25) is 0 Å². The summed E-state index contributed by atoms with van der Waals surface area (Å²) in [5.41, 5.74) is 1.01. The fourth-order valence-corrected chi connectivity index (χ4v) is 7.31. The maximum atomic E-state index is 14.1. The Kier molecular flexibility index (Phi) is 11.3. The standard InChI is InChI=1S/C32H44N4O7S/c1-32(2,15-9-16-33)22-36(44(39,40)25-13-8-12-24(19-25)35(3)4)20-28(37)27(18-23-10-6-5-7-11-23)34-31(38)43-29-21-42-30-26(29)14-17-41-30/h5-8,10-13,19,26-30,37H,9,14-15,17-18,20-22H2,1-4H3,(H,34,38)/t26?,27-,28?,29?,30?/m0/s1. The number of sulfonamides is 1. The number of nitrogens with zero attached hydrogens (tertiary/aromatic N) is 3. The van der Waals surface area contributed by atoms with Crippen molar-refractivity contribution >= 4 is 21.8 Å². The molecule has 11 nitrogen and oxygen atoms in total. The Labute approximate surface area is 260 Å². The number of alkyl carbamates (subject to hydrolysis) is 1. The Morgan fingerprint density at radius 1 is 1.18 bits per heavy atom. The van der Waals surface area contributed by atoms with Crippen molar-refractivity contribution in [3.05, 3.63) is 60.2 Å². The van der Waals surface area contributed by atoms with Crippen molar-refractivity contribution in [2.75, 3.05) is 45.3 Å². The molecular formula is C32H44N4O7S. The Morgan fingerprint density at radius 2 is 1.93 bits per heavy atom. The van der Waals surface area contributed by atoms with Crippen LogP contribution in [0.25, 0.3) is 0 Å². The highest BCUT2D eigenvalue weighted by molar-refractivity contribution is 7.89. The molecule has 44 heavy (non-hydrogen) atoms. The number of carbonyl (C=O) groups excluding carboxylic acids is 1. The molecular weight excluding hydrogens is 584 g/mol. The van der Waals surface area contributed by atoms with Crippen molar-refractivity contribution < 1.29 is 32.5 Å². The highest BCUT2D eigenvalue weighted by Gasteiger charge is 2.44. The smallest absolute Gasteiger partial charge is 0.407 e. The molecule has 5 atom stereocenters. The quantitative estimate of drug-likeness (QED) is 0.321. The minimum Gasteiger partial charge on any atom is -0.443 e. The minimum absolute atomic E-state index is 0.0487. The summed E-state index contributed by atoms with van der Waals surface area (Å²) in [7, 11) is -0.428. The average Bonchev–Trinajstić information content (AvgIpc) is 3.61. The van der Waals surface area contributed by atoms with Crippen LogP contribution in [-0.2, 0) is 30.7 Å². The van der Waals surface area contributed by atoms with Gasteiger partial charge in [-0.2, -0.15) is 9.57 Å². The molecule has 2 aromatic carbocycles. The molecule has 4 unspecified atom stereocenters. The minimum atomic E-state index is -4.08. The first-order valence-corrected chi connectivity index (χ1v) is 16.4. The zero-order valence-electron chi connectivity index (χ0n) is 25.9.